The van der Waals surface area contributed by atoms with Crippen LogP contribution in [-0.2, 0) is 24.3 Å². The number of benzene rings is 1. The minimum atomic E-state index is -0.624. The maximum absolute atomic E-state index is 12.4. The first-order valence-electron chi connectivity index (χ1n) is 6.54. The first-order valence-corrected chi connectivity index (χ1v) is 7.29. The zero-order valence-corrected chi connectivity index (χ0v) is 12.7. The molecule has 110 valence electrons. The summed E-state index contributed by atoms with van der Waals surface area (Å²) in [5.41, 5.74) is 8.87. The quantitative estimate of drug-likeness (QED) is 0.908. The van der Waals surface area contributed by atoms with E-state index in [-0.39, 0.29) is 5.91 Å². The van der Waals surface area contributed by atoms with Gasteiger partial charge in [-0.25, -0.2) is 0 Å². The summed E-state index contributed by atoms with van der Waals surface area (Å²) in [6.45, 7) is 1.07. The summed E-state index contributed by atoms with van der Waals surface area (Å²) in [5, 5.41) is 7.93. The number of carbonyl (C=O) groups excluding carboxylic acids is 1. The van der Waals surface area contributed by atoms with Crippen LogP contribution in [0.1, 0.15) is 16.8 Å². The molecule has 2 aromatic rings. The monoisotopic (exact) mass is 324 g/mol. The predicted molar refractivity (Wildman–Crippen MR) is 81.0 cm³/mol. The molecule has 3 N–H and O–H groups in total. The number of carbonyl (C=O) groups is 1. The lowest BCUT2D eigenvalue weighted by atomic mass is 10.1. The van der Waals surface area contributed by atoms with Crippen LogP contribution >= 0.6 is 23.2 Å². The van der Waals surface area contributed by atoms with E-state index in [1.54, 1.807) is 29.3 Å². The molecule has 1 amide bonds. The maximum Gasteiger partial charge on any atom is 0.240 e. The molecule has 0 unspecified atom stereocenters. The summed E-state index contributed by atoms with van der Waals surface area (Å²) in [5.74, 6) is -0.0920. The molecule has 1 aliphatic rings. The van der Waals surface area contributed by atoms with Crippen molar-refractivity contribution in [1.29, 1.82) is 0 Å². The average Bonchev–Trinajstić information content (AvgIpc) is 3.01. The SMILES string of the molecule is N[C@H](Cc1ccc(Cl)cc1Cl)C(=O)N1Cc2cn[nH]c2C1. The lowest BCUT2D eigenvalue weighted by molar-refractivity contribution is -0.133. The van der Waals surface area contributed by atoms with Crippen molar-refractivity contribution in [2.75, 3.05) is 0 Å². The average molecular weight is 325 g/mol. The lowest BCUT2D eigenvalue weighted by Gasteiger charge is -2.20. The van der Waals surface area contributed by atoms with E-state index in [1.165, 1.54) is 0 Å². The van der Waals surface area contributed by atoms with E-state index in [4.69, 9.17) is 28.9 Å². The molecule has 1 aliphatic heterocycles. The Hall–Kier alpha value is -1.56. The number of rotatable bonds is 3. The molecule has 2 heterocycles. The fraction of sp³-hybridized carbons (Fsp3) is 0.286. The molecule has 0 spiro atoms. The number of H-pyrrole nitrogens is 1. The lowest BCUT2D eigenvalue weighted by Crippen LogP contribution is -2.42. The maximum atomic E-state index is 12.4. The molecule has 1 aromatic carbocycles. The third-order valence-corrected chi connectivity index (χ3v) is 4.19. The number of nitrogens with one attached hydrogen (secondary N) is 1. The second-order valence-corrected chi connectivity index (χ2v) is 5.96. The number of nitrogens with two attached hydrogens (primary N) is 1. The number of amides is 1. The Labute approximate surface area is 132 Å². The Balaban J connectivity index is 1.67. The van der Waals surface area contributed by atoms with Gasteiger partial charge >= 0.3 is 0 Å². The summed E-state index contributed by atoms with van der Waals surface area (Å²) in [6, 6.07) is 4.57. The van der Waals surface area contributed by atoms with Gasteiger partial charge in [-0.15, -0.1) is 0 Å². The molecule has 21 heavy (non-hydrogen) atoms. The van der Waals surface area contributed by atoms with Crippen LogP contribution in [0.2, 0.25) is 10.0 Å². The Bertz CT molecular complexity index is 665. The Kier molecular flexibility index (Phi) is 3.89. The molecule has 0 radical (unpaired) electrons. The highest BCUT2D eigenvalue weighted by molar-refractivity contribution is 6.35. The summed E-state index contributed by atoms with van der Waals surface area (Å²) in [7, 11) is 0. The van der Waals surface area contributed by atoms with Gasteiger partial charge in [0.15, 0.2) is 0 Å². The van der Waals surface area contributed by atoms with Gasteiger partial charge in [0.2, 0.25) is 5.91 Å². The highest BCUT2D eigenvalue weighted by atomic mass is 35.5. The van der Waals surface area contributed by atoms with E-state index in [1.807, 2.05) is 0 Å². The van der Waals surface area contributed by atoms with Gasteiger partial charge in [0, 0.05) is 22.2 Å². The van der Waals surface area contributed by atoms with Crippen molar-refractivity contribution in [3.8, 4) is 0 Å². The molecule has 7 heteroatoms. The van der Waals surface area contributed by atoms with E-state index in [0.29, 0.717) is 29.6 Å². The Morgan fingerprint density at radius 2 is 2.24 bits per heavy atom. The molecule has 5 nitrogen and oxygen atoms in total. The number of halogens is 2. The number of hydrogen-bond acceptors (Lipinski definition) is 3. The van der Waals surface area contributed by atoms with Crippen LogP contribution in [0.25, 0.3) is 0 Å². The molecular weight excluding hydrogens is 311 g/mol. The second kappa shape index (κ2) is 5.67. The van der Waals surface area contributed by atoms with Crippen LogP contribution in [0, 0.1) is 0 Å². The van der Waals surface area contributed by atoms with Crippen molar-refractivity contribution < 1.29 is 4.79 Å². The van der Waals surface area contributed by atoms with Crippen molar-refractivity contribution in [1.82, 2.24) is 15.1 Å². The molecule has 0 bridgehead atoms. The van der Waals surface area contributed by atoms with Crippen molar-refractivity contribution >= 4 is 29.1 Å². The number of aromatic nitrogens is 2. The van der Waals surface area contributed by atoms with Crippen molar-refractivity contribution in [3.63, 3.8) is 0 Å². The number of fused-ring (bicyclic) bond motifs is 1. The van der Waals surface area contributed by atoms with Crippen LogP contribution in [0.3, 0.4) is 0 Å². The van der Waals surface area contributed by atoms with Gasteiger partial charge in [0.25, 0.3) is 0 Å². The van der Waals surface area contributed by atoms with E-state index < -0.39 is 6.04 Å². The smallest absolute Gasteiger partial charge is 0.240 e. The minimum absolute atomic E-state index is 0.0920. The molecule has 0 fully saturated rings. The summed E-state index contributed by atoms with van der Waals surface area (Å²) >= 11 is 12.0. The van der Waals surface area contributed by atoms with Crippen LogP contribution in [0.4, 0.5) is 0 Å². The van der Waals surface area contributed by atoms with Gasteiger partial charge < -0.3 is 10.6 Å². The first kappa shape index (κ1) is 14.4. The normalized spacial score (nSPS) is 15.1. The fourth-order valence-electron chi connectivity index (χ4n) is 2.47. The van der Waals surface area contributed by atoms with Crippen LogP contribution in [0.15, 0.2) is 24.4 Å². The van der Waals surface area contributed by atoms with E-state index in [9.17, 15) is 4.79 Å². The molecular formula is C14H14Cl2N4O. The molecule has 3 rings (SSSR count). The number of hydrogen-bond donors (Lipinski definition) is 2. The summed E-state index contributed by atoms with van der Waals surface area (Å²) < 4.78 is 0. The highest BCUT2D eigenvalue weighted by Gasteiger charge is 2.28. The van der Waals surface area contributed by atoms with Gasteiger partial charge in [0.1, 0.15) is 0 Å². The van der Waals surface area contributed by atoms with Gasteiger partial charge in [-0.2, -0.15) is 5.10 Å². The number of aromatic amines is 1. The Morgan fingerprint density at radius 3 is 2.95 bits per heavy atom. The van der Waals surface area contributed by atoms with Gasteiger partial charge in [-0.3, -0.25) is 9.89 Å². The van der Waals surface area contributed by atoms with Crippen molar-refractivity contribution in [2.45, 2.75) is 25.6 Å². The standard InChI is InChI=1S/C14H14Cl2N4O/c15-10-2-1-8(11(16)4-10)3-12(17)14(21)20-6-9-5-18-19-13(9)7-20/h1-2,4-5,12H,3,6-7,17H2,(H,18,19)/t12-/m1/s1. The predicted octanol–water partition coefficient (Wildman–Crippen LogP) is 2.13. The largest absolute Gasteiger partial charge is 0.331 e. The van der Waals surface area contributed by atoms with Crippen LogP contribution < -0.4 is 5.73 Å². The summed E-state index contributed by atoms with van der Waals surface area (Å²) in [6.07, 6.45) is 2.13. The van der Waals surface area contributed by atoms with Gasteiger partial charge in [0.05, 0.1) is 24.5 Å². The van der Waals surface area contributed by atoms with Gasteiger partial charge in [-0.1, -0.05) is 29.3 Å². The summed E-state index contributed by atoms with van der Waals surface area (Å²) in [4.78, 5) is 14.1. The topological polar surface area (TPSA) is 75.0 Å². The van der Waals surface area contributed by atoms with Crippen LogP contribution in [0.5, 0.6) is 0 Å². The molecule has 0 aliphatic carbocycles. The minimum Gasteiger partial charge on any atom is -0.331 e. The third kappa shape index (κ3) is 2.90. The van der Waals surface area contributed by atoms with E-state index >= 15 is 0 Å². The zero-order valence-electron chi connectivity index (χ0n) is 11.1. The first-order chi connectivity index (χ1) is 10.0. The van der Waals surface area contributed by atoms with Crippen molar-refractivity contribution in [2.24, 2.45) is 5.73 Å². The fourth-order valence-corrected chi connectivity index (χ4v) is 2.95. The Morgan fingerprint density at radius 1 is 1.43 bits per heavy atom. The van der Waals surface area contributed by atoms with E-state index in [0.717, 1.165) is 16.8 Å². The third-order valence-electron chi connectivity index (χ3n) is 3.60. The van der Waals surface area contributed by atoms with E-state index in [2.05, 4.69) is 10.2 Å². The number of nitrogens with zero attached hydrogens (tertiary/aromatic N) is 2. The highest BCUT2D eigenvalue weighted by Crippen LogP contribution is 2.24. The molecule has 0 saturated heterocycles. The zero-order chi connectivity index (χ0) is 15.0. The molecule has 1 aromatic heterocycles. The second-order valence-electron chi connectivity index (χ2n) is 5.11. The molecule has 0 saturated carbocycles. The molecule has 1 atom stereocenters. The van der Waals surface area contributed by atoms with Crippen LogP contribution in [-0.4, -0.2) is 27.0 Å². The van der Waals surface area contributed by atoms with Gasteiger partial charge in [-0.05, 0) is 24.1 Å². The van der Waals surface area contributed by atoms with Crippen molar-refractivity contribution in [3.05, 3.63) is 51.3 Å².